The molecule has 8 heteroatoms. The topological polar surface area (TPSA) is 92.4 Å². The lowest BCUT2D eigenvalue weighted by Crippen LogP contribution is -2.12. The Hall–Kier alpha value is -3.75. The average Bonchev–Trinajstić information content (AvgIpc) is 3.26. The van der Waals surface area contributed by atoms with E-state index in [2.05, 4.69) is 20.7 Å². The first-order valence-electron chi connectivity index (χ1n) is 9.95. The van der Waals surface area contributed by atoms with Crippen LogP contribution >= 0.6 is 11.8 Å². The van der Waals surface area contributed by atoms with Crippen molar-refractivity contribution in [3.8, 4) is 5.69 Å². The van der Waals surface area contributed by atoms with Gasteiger partial charge in [-0.25, -0.2) is 0 Å². The third-order valence-electron chi connectivity index (χ3n) is 4.58. The number of carbonyl (C=O) groups is 1. The molecule has 0 saturated heterocycles. The van der Waals surface area contributed by atoms with Crippen LogP contribution in [-0.4, -0.2) is 30.7 Å². The van der Waals surface area contributed by atoms with Crippen molar-refractivity contribution in [2.75, 3.05) is 5.43 Å². The molecule has 3 aromatic carbocycles. The number of nitrogens with one attached hydrogen (secondary N) is 1. The quantitative estimate of drug-likeness (QED) is 0.190. The number of Topliss-reactive ketones (excluding diaryl/α,β-unsaturated/α-hetero) is 1. The minimum Gasteiger partial charge on any atom is -0.380 e. The maximum Gasteiger partial charge on any atom is 0.202 e. The summed E-state index contributed by atoms with van der Waals surface area (Å²) in [7, 11) is 0. The molecule has 4 rings (SSSR count). The highest BCUT2D eigenvalue weighted by atomic mass is 32.2. The monoisotopic (exact) mass is 443 g/mol. The zero-order valence-electron chi connectivity index (χ0n) is 17.3. The van der Waals surface area contributed by atoms with Crippen molar-refractivity contribution in [3.05, 3.63) is 102 Å². The predicted octanol–water partition coefficient (Wildman–Crippen LogP) is 4.46. The van der Waals surface area contributed by atoms with E-state index in [4.69, 9.17) is 0 Å². The third-order valence-corrected chi connectivity index (χ3v) is 5.60. The van der Waals surface area contributed by atoms with Gasteiger partial charge in [0.1, 0.15) is 6.10 Å². The Morgan fingerprint density at radius 2 is 1.53 bits per heavy atom. The van der Waals surface area contributed by atoms with Crippen LogP contribution in [0.1, 0.15) is 24.4 Å². The summed E-state index contributed by atoms with van der Waals surface area (Å²) >= 11 is 1.09. The maximum absolute atomic E-state index is 12.3. The second-order valence-corrected chi connectivity index (χ2v) is 7.83. The molecule has 0 aliphatic rings. The molecule has 0 amide bonds. The molecular weight excluding hydrogens is 422 g/mol. The first-order valence-corrected chi connectivity index (χ1v) is 10.8. The van der Waals surface area contributed by atoms with E-state index in [1.54, 1.807) is 4.57 Å². The molecule has 0 aliphatic heterocycles. The van der Waals surface area contributed by atoms with Crippen LogP contribution in [0.5, 0.6) is 0 Å². The van der Waals surface area contributed by atoms with Crippen LogP contribution in [0.15, 0.2) is 101 Å². The summed E-state index contributed by atoms with van der Waals surface area (Å²) < 4.78 is 1.74. The molecule has 0 bridgehead atoms. The molecule has 0 spiro atoms. The van der Waals surface area contributed by atoms with E-state index in [-0.39, 0.29) is 10.8 Å². The molecule has 0 unspecified atom stereocenters. The lowest BCUT2D eigenvalue weighted by molar-refractivity contribution is -0.110. The van der Waals surface area contributed by atoms with Crippen molar-refractivity contribution in [2.24, 2.45) is 5.10 Å². The number of hydrogen-bond donors (Lipinski definition) is 2. The Bertz CT molecular complexity index is 1210. The molecule has 1 aromatic heterocycles. The van der Waals surface area contributed by atoms with Gasteiger partial charge in [0, 0.05) is 12.6 Å². The van der Waals surface area contributed by atoms with Crippen LogP contribution < -0.4 is 5.43 Å². The minimum absolute atomic E-state index is 0.216. The van der Waals surface area contributed by atoms with E-state index in [0.717, 1.165) is 23.1 Å². The molecule has 32 heavy (non-hydrogen) atoms. The highest BCUT2D eigenvalue weighted by molar-refractivity contribution is 8.15. The number of benzene rings is 3. The summed E-state index contributed by atoms with van der Waals surface area (Å²) in [6.07, 6.45) is -0.988. The van der Waals surface area contributed by atoms with E-state index in [9.17, 15) is 9.90 Å². The van der Waals surface area contributed by atoms with Crippen molar-refractivity contribution < 1.29 is 9.90 Å². The fourth-order valence-corrected chi connectivity index (χ4v) is 3.80. The number of anilines is 1. The highest BCUT2D eigenvalue weighted by Gasteiger charge is 2.24. The summed E-state index contributed by atoms with van der Waals surface area (Å²) in [5.74, 6) is 0.134. The number of nitrogens with zero attached hydrogens (tertiary/aromatic N) is 4. The molecular formula is C24H21N5O2S. The maximum atomic E-state index is 12.3. The van der Waals surface area contributed by atoms with Crippen LogP contribution in [0.3, 0.4) is 0 Å². The number of aromatic nitrogens is 3. The second kappa shape index (κ2) is 10.0. The number of ketones is 1. The smallest absolute Gasteiger partial charge is 0.202 e. The Balaban J connectivity index is 1.71. The van der Waals surface area contributed by atoms with Gasteiger partial charge in [-0.1, -0.05) is 66.7 Å². The number of aliphatic hydroxyl groups is 1. The molecule has 0 fully saturated rings. The lowest BCUT2D eigenvalue weighted by atomic mass is 10.1. The number of aliphatic hydroxyl groups excluding tert-OH is 1. The first kappa shape index (κ1) is 21.5. The summed E-state index contributed by atoms with van der Waals surface area (Å²) in [6.45, 7) is 1.45. The van der Waals surface area contributed by atoms with Crippen LogP contribution in [-0.2, 0) is 4.79 Å². The third kappa shape index (κ3) is 4.93. The van der Waals surface area contributed by atoms with Gasteiger partial charge in [0.15, 0.2) is 16.7 Å². The number of thioether (sulfide) groups is 1. The predicted molar refractivity (Wildman–Crippen MR) is 126 cm³/mol. The van der Waals surface area contributed by atoms with Gasteiger partial charge in [-0.15, -0.1) is 10.2 Å². The van der Waals surface area contributed by atoms with Gasteiger partial charge in [0.25, 0.3) is 0 Å². The number of hydrazone groups is 1. The zero-order chi connectivity index (χ0) is 22.3. The van der Waals surface area contributed by atoms with Crippen molar-refractivity contribution in [1.29, 1.82) is 0 Å². The van der Waals surface area contributed by atoms with Crippen molar-refractivity contribution >= 4 is 28.3 Å². The molecule has 1 atom stereocenters. The Morgan fingerprint density at radius 1 is 0.938 bits per heavy atom. The first-order chi connectivity index (χ1) is 15.6. The molecule has 7 nitrogen and oxygen atoms in total. The zero-order valence-corrected chi connectivity index (χ0v) is 18.1. The van der Waals surface area contributed by atoms with Crippen LogP contribution in [0.2, 0.25) is 0 Å². The minimum atomic E-state index is -0.988. The summed E-state index contributed by atoms with van der Waals surface area (Å²) in [5.41, 5.74) is 5.12. The van der Waals surface area contributed by atoms with Gasteiger partial charge in [-0.2, -0.15) is 5.10 Å². The van der Waals surface area contributed by atoms with Crippen LogP contribution in [0, 0.1) is 0 Å². The SMILES string of the molecule is CC(=O)/C(=N/Nc1ccccc1)Sc1nnc([C@@H](O)c2ccccc2)n1-c1ccccc1. The van der Waals surface area contributed by atoms with Crippen molar-refractivity contribution in [1.82, 2.24) is 14.8 Å². The van der Waals surface area contributed by atoms with Gasteiger partial charge >= 0.3 is 0 Å². The second-order valence-electron chi connectivity index (χ2n) is 6.88. The number of para-hydroxylation sites is 2. The molecule has 0 radical (unpaired) electrons. The van der Waals surface area contributed by atoms with E-state index in [0.29, 0.717) is 16.5 Å². The number of rotatable bonds is 7. The van der Waals surface area contributed by atoms with E-state index in [1.165, 1.54) is 6.92 Å². The number of carbonyl (C=O) groups excluding carboxylic acids is 1. The van der Waals surface area contributed by atoms with Gasteiger partial charge in [-0.3, -0.25) is 14.8 Å². The standard InChI is InChI=1S/C24H21N5O2S/c1-17(30)23(27-25-19-13-7-3-8-14-19)32-24-28-26-22(21(31)18-11-5-2-6-12-18)29(24)20-15-9-4-10-16-20/h2-16,21,25,31H,1H3/b27-23-/t21-/m0/s1. The van der Waals surface area contributed by atoms with Crippen molar-refractivity contribution in [3.63, 3.8) is 0 Å². The average molecular weight is 444 g/mol. The fourth-order valence-electron chi connectivity index (χ4n) is 3.02. The molecule has 1 heterocycles. The largest absolute Gasteiger partial charge is 0.380 e. The molecule has 4 aromatic rings. The molecule has 0 aliphatic carbocycles. The molecule has 160 valence electrons. The Labute approximate surface area is 189 Å². The van der Waals surface area contributed by atoms with Crippen LogP contribution in [0.25, 0.3) is 5.69 Å². The molecule has 2 N–H and O–H groups in total. The summed E-state index contributed by atoms with van der Waals surface area (Å²) in [4.78, 5) is 12.3. The lowest BCUT2D eigenvalue weighted by Gasteiger charge is -2.14. The van der Waals surface area contributed by atoms with Crippen molar-refractivity contribution in [2.45, 2.75) is 18.2 Å². The Kier molecular flexibility index (Phi) is 6.74. The van der Waals surface area contributed by atoms with Gasteiger partial charge < -0.3 is 5.11 Å². The fraction of sp³-hybridized carbons (Fsp3) is 0.0833. The summed E-state index contributed by atoms with van der Waals surface area (Å²) in [6, 6.07) is 28.1. The van der Waals surface area contributed by atoms with E-state index in [1.807, 2.05) is 91.0 Å². The molecule has 0 saturated carbocycles. The van der Waals surface area contributed by atoms with Gasteiger partial charge in [0.2, 0.25) is 5.16 Å². The summed E-state index contributed by atoms with van der Waals surface area (Å²) in [5, 5.41) is 24.4. The highest BCUT2D eigenvalue weighted by Crippen LogP contribution is 2.29. The number of hydrogen-bond acceptors (Lipinski definition) is 7. The van der Waals surface area contributed by atoms with Gasteiger partial charge in [0.05, 0.1) is 5.69 Å². The van der Waals surface area contributed by atoms with E-state index < -0.39 is 6.10 Å². The Morgan fingerprint density at radius 3 is 2.16 bits per heavy atom. The normalized spacial score (nSPS) is 12.4. The van der Waals surface area contributed by atoms with Gasteiger partial charge in [-0.05, 0) is 41.6 Å². The van der Waals surface area contributed by atoms with E-state index >= 15 is 0 Å². The van der Waals surface area contributed by atoms with Crippen LogP contribution in [0.4, 0.5) is 5.69 Å².